The van der Waals surface area contributed by atoms with Crippen molar-refractivity contribution in [3.63, 3.8) is 0 Å². The van der Waals surface area contributed by atoms with E-state index in [1.54, 1.807) is 0 Å². The summed E-state index contributed by atoms with van der Waals surface area (Å²) >= 11 is 0. The Morgan fingerprint density at radius 3 is 1.77 bits per heavy atom. The summed E-state index contributed by atoms with van der Waals surface area (Å²) in [5.41, 5.74) is 0. The molecule has 0 N–H and O–H groups in total. The average Bonchev–Trinajstić information content (AvgIpc) is 2.42. The van der Waals surface area contributed by atoms with Gasteiger partial charge < -0.3 is 4.55 Å². The Balaban J connectivity index is 0. The molecule has 0 saturated carbocycles. The van der Waals surface area contributed by atoms with Crippen LogP contribution in [0.15, 0.2) is 0 Å². The predicted octanol–water partition coefficient (Wildman–Crippen LogP) is 1.80. The average molecular weight is 344 g/mol. The summed E-state index contributed by atoms with van der Waals surface area (Å²) in [6.45, 7) is 4.35. The van der Waals surface area contributed by atoms with Crippen LogP contribution < -0.4 is 29.6 Å². The minimum atomic E-state index is -4.54. The van der Waals surface area contributed by atoms with Crippen LogP contribution in [0.25, 0.3) is 0 Å². The van der Waals surface area contributed by atoms with Gasteiger partial charge in [0.25, 0.3) is 0 Å². The van der Waals surface area contributed by atoms with E-state index in [0.29, 0.717) is 0 Å². The van der Waals surface area contributed by atoms with E-state index in [4.69, 9.17) is 0 Å². The Bertz CT molecular complexity index is 320. The van der Waals surface area contributed by atoms with Gasteiger partial charge in [0.2, 0.25) is 10.4 Å². The minimum absolute atomic E-state index is 0. The molecule has 0 amide bonds. The zero-order valence-corrected chi connectivity index (χ0v) is 17.6. The quantitative estimate of drug-likeness (QED) is 0.197. The van der Waals surface area contributed by atoms with E-state index in [1.807, 2.05) is 0 Å². The van der Waals surface area contributed by atoms with Gasteiger partial charge in [0.15, 0.2) is 0 Å². The van der Waals surface area contributed by atoms with E-state index >= 15 is 0 Å². The fourth-order valence-electron chi connectivity index (χ4n) is 2.64. The molecule has 4 nitrogen and oxygen atoms in total. The third-order valence-electron chi connectivity index (χ3n) is 3.86. The second-order valence-electron chi connectivity index (χ2n) is 5.96. The number of rotatable bonds is 15. The predicted molar refractivity (Wildman–Crippen MR) is 85.9 cm³/mol. The van der Waals surface area contributed by atoms with Gasteiger partial charge in [-0.05, 0) is 18.8 Å². The van der Waals surface area contributed by atoms with Crippen LogP contribution in [0.2, 0.25) is 0 Å². The zero-order chi connectivity index (χ0) is 16.0. The summed E-state index contributed by atoms with van der Waals surface area (Å²) in [4.78, 5) is 0. The van der Waals surface area contributed by atoms with Gasteiger partial charge in [-0.3, -0.25) is 4.18 Å². The van der Waals surface area contributed by atoms with E-state index in [0.717, 1.165) is 25.7 Å². The van der Waals surface area contributed by atoms with Crippen LogP contribution in [0.5, 0.6) is 0 Å². The SMILES string of the molecule is CCCCCCCCCCCC(CCC)COS(=O)(=O)[O-].[Na+]. The Labute approximate surface area is 160 Å². The molecule has 1 atom stereocenters. The van der Waals surface area contributed by atoms with Crippen molar-refractivity contribution in [2.24, 2.45) is 5.92 Å². The molecule has 0 aromatic heterocycles. The molecule has 22 heavy (non-hydrogen) atoms. The third-order valence-corrected chi connectivity index (χ3v) is 4.29. The van der Waals surface area contributed by atoms with Crippen LogP contribution >= 0.6 is 0 Å². The Hall–Kier alpha value is 0.870. The summed E-state index contributed by atoms with van der Waals surface area (Å²) in [6, 6.07) is 0. The van der Waals surface area contributed by atoms with Gasteiger partial charge >= 0.3 is 29.6 Å². The van der Waals surface area contributed by atoms with Crippen molar-refractivity contribution in [3.8, 4) is 0 Å². The molecule has 6 heteroatoms. The first-order chi connectivity index (χ1) is 9.99. The van der Waals surface area contributed by atoms with Gasteiger partial charge in [-0.1, -0.05) is 78.1 Å². The summed E-state index contributed by atoms with van der Waals surface area (Å²) in [7, 11) is -4.54. The molecule has 0 aromatic rings. The molecule has 0 saturated heterocycles. The number of hydrogen-bond acceptors (Lipinski definition) is 4. The molecule has 0 radical (unpaired) electrons. The van der Waals surface area contributed by atoms with Crippen LogP contribution in [0, 0.1) is 5.92 Å². The molecular formula is C16H33NaO4S. The molecular weight excluding hydrogens is 311 g/mol. The topological polar surface area (TPSA) is 66.4 Å². The smallest absolute Gasteiger partial charge is 0.726 e. The van der Waals surface area contributed by atoms with Gasteiger partial charge in [-0.25, -0.2) is 8.42 Å². The maximum absolute atomic E-state index is 10.5. The second-order valence-corrected chi connectivity index (χ2v) is 7.02. The summed E-state index contributed by atoms with van der Waals surface area (Å²) in [5.74, 6) is 0.197. The zero-order valence-electron chi connectivity index (χ0n) is 14.8. The van der Waals surface area contributed by atoms with Crippen molar-refractivity contribution in [1.29, 1.82) is 0 Å². The summed E-state index contributed by atoms with van der Waals surface area (Å²) < 4.78 is 35.8. The van der Waals surface area contributed by atoms with Crippen LogP contribution in [0.4, 0.5) is 0 Å². The second kappa shape index (κ2) is 16.7. The van der Waals surface area contributed by atoms with Crippen LogP contribution in [0.1, 0.15) is 90.9 Å². The van der Waals surface area contributed by atoms with Gasteiger partial charge in [0.05, 0.1) is 6.61 Å². The first-order valence-corrected chi connectivity index (χ1v) is 9.93. The van der Waals surface area contributed by atoms with E-state index < -0.39 is 10.4 Å². The largest absolute Gasteiger partial charge is 1.00 e. The monoisotopic (exact) mass is 344 g/mol. The Morgan fingerprint density at radius 2 is 1.32 bits per heavy atom. The fourth-order valence-corrected chi connectivity index (χ4v) is 3.00. The fraction of sp³-hybridized carbons (Fsp3) is 1.00. The van der Waals surface area contributed by atoms with Crippen LogP contribution in [0.3, 0.4) is 0 Å². The van der Waals surface area contributed by atoms with Crippen molar-refractivity contribution < 1.29 is 46.7 Å². The van der Waals surface area contributed by atoms with E-state index in [2.05, 4.69) is 18.0 Å². The van der Waals surface area contributed by atoms with E-state index in [9.17, 15) is 13.0 Å². The molecule has 0 fully saturated rings. The normalized spacial score (nSPS) is 12.9. The van der Waals surface area contributed by atoms with Gasteiger partial charge in [-0.2, -0.15) is 0 Å². The molecule has 1 unspecified atom stereocenters. The van der Waals surface area contributed by atoms with Gasteiger partial charge in [0, 0.05) is 0 Å². The van der Waals surface area contributed by atoms with Crippen molar-refractivity contribution in [2.45, 2.75) is 90.9 Å². The molecule has 0 aliphatic heterocycles. The molecule has 0 bridgehead atoms. The Kier molecular flexibility index (Phi) is 19.1. The van der Waals surface area contributed by atoms with Crippen LogP contribution in [-0.2, 0) is 14.6 Å². The maximum atomic E-state index is 10.5. The molecule has 0 aliphatic carbocycles. The minimum Gasteiger partial charge on any atom is -0.726 e. The standard InChI is InChI=1S/C16H34O4S.Na/c1-3-5-6-7-8-9-10-11-12-14-16(13-4-2)15-20-21(17,18)19;/h16H,3-15H2,1-2H3,(H,17,18,19);/q;+1/p-1. The maximum Gasteiger partial charge on any atom is 1.00 e. The van der Waals surface area contributed by atoms with Crippen molar-refractivity contribution in [1.82, 2.24) is 0 Å². The molecule has 0 heterocycles. The van der Waals surface area contributed by atoms with Crippen molar-refractivity contribution in [3.05, 3.63) is 0 Å². The van der Waals surface area contributed by atoms with Gasteiger partial charge in [0.1, 0.15) is 0 Å². The number of unbranched alkanes of at least 4 members (excludes halogenated alkanes) is 8. The molecule has 128 valence electrons. The van der Waals surface area contributed by atoms with E-state index in [1.165, 1.54) is 51.4 Å². The van der Waals surface area contributed by atoms with Gasteiger partial charge in [-0.15, -0.1) is 0 Å². The number of hydrogen-bond donors (Lipinski definition) is 0. The molecule has 0 rings (SSSR count). The summed E-state index contributed by atoms with van der Waals surface area (Å²) in [6.07, 6.45) is 14.4. The van der Waals surface area contributed by atoms with Crippen molar-refractivity contribution >= 4 is 10.4 Å². The third kappa shape index (κ3) is 18.9. The molecule has 0 aromatic carbocycles. The van der Waals surface area contributed by atoms with Crippen LogP contribution in [-0.4, -0.2) is 19.6 Å². The Morgan fingerprint density at radius 1 is 0.818 bits per heavy atom. The first kappa shape index (κ1) is 25.1. The van der Waals surface area contributed by atoms with Crippen molar-refractivity contribution in [2.75, 3.05) is 6.61 Å². The van der Waals surface area contributed by atoms with E-state index in [-0.39, 0.29) is 42.1 Å². The summed E-state index contributed by atoms with van der Waals surface area (Å²) in [5, 5.41) is 0. The molecule has 0 spiro atoms. The first-order valence-electron chi connectivity index (χ1n) is 8.59. The molecule has 0 aliphatic rings.